The molecule has 9 heteroatoms. The maximum atomic E-state index is 12.4. The molecule has 0 aliphatic rings. The van der Waals surface area contributed by atoms with Crippen LogP contribution in [0.2, 0.25) is 0 Å². The number of rotatable bonds is 6. The summed E-state index contributed by atoms with van der Waals surface area (Å²) in [6.45, 7) is 4.18. The number of carbonyl (C=O) groups is 2. The van der Waals surface area contributed by atoms with Crippen LogP contribution in [0.25, 0.3) is 0 Å². The van der Waals surface area contributed by atoms with Crippen molar-refractivity contribution in [3.63, 3.8) is 0 Å². The van der Waals surface area contributed by atoms with Gasteiger partial charge in [0.25, 0.3) is 0 Å². The number of urea groups is 1. The number of nitrogens with zero attached hydrogens (tertiary/aromatic N) is 4. The minimum Gasteiger partial charge on any atom is -0.324 e. The molecule has 1 aromatic carbocycles. The zero-order valence-electron chi connectivity index (χ0n) is 15.9. The second-order valence-corrected chi connectivity index (χ2v) is 7.68. The lowest BCUT2D eigenvalue weighted by atomic mass is 10.2. The molecule has 3 amide bonds. The van der Waals surface area contributed by atoms with Gasteiger partial charge < -0.3 is 15.5 Å². The highest BCUT2D eigenvalue weighted by Crippen LogP contribution is 2.18. The van der Waals surface area contributed by atoms with E-state index in [1.54, 1.807) is 83.8 Å². The van der Waals surface area contributed by atoms with Gasteiger partial charge in [-0.2, -0.15) is 5.10 Å². The van der Waals surface area contributed by atoms with Gasteiger partial charge in [0.15, 0.2) is 0 Å². The van der Waals surface area contributed by atoms with E-state index in [-0.39, 0.29) is 11.9 Å². The highest BCUT2D eigenvalue weighted by Gasteiger charge is 2.16. The maximum Gasteiger partial charge on any atom is 0.321 e. The molecule has 0 aliphatic heterocycles. The van der Waals surface area contributed by atoms with Crippen molar-refractivity contribution in [2.24, 2.45) is 0 Å². The van der Waals surface area contributed by atoms with Crippen molar-refractivity contribution in [1.29, 1.82) is 0 Å². The summed E-state index contributed by atoms with van der Waals surface area (Å²) in [5.74, 6) is -0.190. The minimum absolute atomic E-state index is 0.190. The second kappa shape index (κ2) is 8.66. The molecular formula is C19H22N6O2S. The maximum absolute atomic E-state index is 12.4. The van der Waals surface area contributed by atoms with Crippen molar-refractivity contribution in [3.05, 3.63) is 58.8 Å². The molecule has 0 bridgehead atoms. The molecule has 0 fully saturated rings. The summed E-state index contributed by atoms with van der Waals surface area (Å²) in [5.41, 5.74) is 1.20. The highest BCUT2D eigenvalue weighted by molar-refractivity contribution is 7.11. The van der Waals surface area contributed by atoms with E-state index in [0.29, 0.717) is 17.9 Å². The van der Waals surface area contributed by atoms with E-state index in [9.17, 15) is 9.59 Å². The largest absolute Gasteiger partial charge is 0.324 e. The number of hydrogen-bond donors (Lipinski definition) is 2. The van der Waals surface area contributed by atoms with Crippen LogP contribution in [-0.4, -0.2) is 38.7 Å². The fourth-order valence-corrected chi connectivity index (χ4v) is 3.40. The van der Waals surface area contributed by atoms with Crippen molar-refractivity contribution in [1.82, 2.24) is 19.7 Å². The van der Waals surface area contributed by atoms with Crippen LogP contribution >= 0.6 is 11.3 Å². The van der Waals surface area contributed by atoms with E-state index < -0.39 is 6.04 Å². The molecule has 0 saturated heterocycles. The average molecular weight is 398 g/mol. The Morgan fingerprint density at radius 1 is 1.25 bits per heavy atom. The summed E-state index contributed by atoms with van der Waals surface area (Å²) in [4.78, 5) is 31.6. The van der Waals surface area contributed by atoms with Gasteiger partial charge in [0.2, 0.25) is 5.91 Å². The van der Waals surface area contributed by atoms with Crippen molar-refractivity contribution in [2.45, 2.75) is 26.4 Å². The molecule has 0 saturated carbocycles. The Morgan fingerprint density at radius 2 is 2.00 bits per heavy atom. The van der Waals surface area contributed by atoms with Crippen LogP contribution in [0.1, 0.15) is 22.9 Å². The van der Waals surface area contributed by atoms with Gasteiger partial charge >= 0.3 is 6.03 Å². The molecule has 3 aromatic rings. The standard InChI is InChI=1S/C19H22N6O2S/c1-13(25-9-5-8-21-25)18(26)22-15-6-4-7-16(10-15)23-19(27)24(3)12-17-11-20-14(2)28-17/h4-11,13H,12H2,1-3H3,(H,22,26)(H,23,27)/t13-/m1/s1. The lowest BCUT2D eigenvalue weighted by Crippen LogP contribution is -2.30. The Balaban J connectivity index is 1.59. The molecule has 0 aliphatic carbocycles. The number of anilines is 2. The number of amides is 3. The third-order valence-corrected chi connectivity index (χ3v) is 4.99. The summed E-state index contributed by atoms with van der Waals surface area (Å²) in [6, 6.07) is 8.13. The number of hydrogen-bond acceptors (Lipinski definition) is 5. The Morgan fingerprint density at radius 3 is 2.64 bits per heavy atom. The fourth-order valence-electron chi connectivity index (χ4n) is 2.55. The lowest BCUT2D eigenvalue weighted by Gasteiger charge is -2.17. The second-order valence-electron chi connectivity index (χ2n) is 6.36. The van der Waals surface area contributed by atoms with Crippen LogP contribution in [0.5, 0.6) is 0 Å². The van der Waals surface area contributed by atoms with Gasteiger partial charge in [-0.1, -0.05) is 6.07 Å². The molecule has 3 rings (SSSR count). The minimum atomic E-state index is -0.442. The average Bonchev–Trinajstić information content (AvgIpc) is 3.33. The third-order valence-electron chi connectivity index (χ3n) is 4.09. The topological polar surface area (TPSA) is 92.2 Å². The number of aryl methyl sites for hydroxylation is 1. The Kier molecular flexibility index (Phi) is 6.05. The van der Waals surface area contributed by atoms with E-state index >= 15 is 0 Å². The fraction of sp³-hybridized carbons (Fsp3) is 0.263. The van der Waals surface area contributed by atoms with Crippen molar-refractivity contribution >= 4 is 34.6 Å². The molecule has 8 nitrogen and oxygen atoms in total. The lowest BCUT2D eigenvalue weighted by molar-refractivity contribution is -0.119. The van der Waals surface area contributed by atoms with Gasteiger partial charge in [-0.15, -0.1) is 11.3 Å². The molecule has 28 heavy (non-hydrogen) atoms. The van der Waals surface area contributed by atoms with E-state index in [1.165, 1.54) is 0 Å². The van der Waals surface area contributed by atoms with Gasteiger partial charge in [0.1, 0.15) is 6.04 Å². The van der Waals surface area contributed by atoms with E-state index in [4.69, 9.17) is 0 Å². The number of benzene rings is 1. The van der Waals surface area contributed by atoms with Gasteiger partial charge in [0.05, 0.1) is 11.6 Å². The smallest absolute Gasteiger partial charge is 0.321 e. The molecule has 2 heterocycles. The van der Waals surface area contributed by atoms with E-state index in [2.05, 4.69) is 20.7 Å². The SMILES string of the molecule is Cc1ncc(CN(C)C(=O)Nc2cccc(NC(=O)[C@@H](C)n3cccn3)c2)s1. The number of carbonyl (C=O) groups excluding carboxylic acids is 2. The predicted molar refractivity (Wildman–Crippen MR) is 109 cm³/mol. The molecule has 146 valence electrons. The van der Waals surface area contributed by atoms with Crippen LogP contribution in [0.3, 0.4) is 0 Å². The molecule has 1 atom stereocenters. The number of thiazole rings is 1. The Labute approximate surface area is 167 Å². The highest BCUT2D eigenvalue weighted by atomic mass is 32.1. The summed E-state index contributed by atoms with van der Waals surface area (Å²) < 4.78 is 1.58. The summed E-state index contributed by atoms with van der Waals surface area (Å²) in [7, 11) is 1.72. The van der Waals surface area contributed by atoms with Crippen LogP contribution in [0.4, 0.5) is 16.2 Å². The number of nitrogens with one attached hydrogen (secondary N) is 2. The van der Waals surface area contributed by atoms with Gasteiger partial charge in [-0.3, -0.25) is 9.48 Å². The van der Waals surface area contributed by atoms with Crippen LogP contribution in [0.15, 0.2) is 48.9 Å². The van der Waals surface area contributed by atoms with Crippen molar-refractivity contribution < 1.29 is 9.59 Å². The molecule has 0 unspecified atom stereocenters. The summed E-state index contributed by atoms with van der Waals surface area (Å²) in [6.07, 6.45) is 5.14. The molecule has 0 spiro atoms. The Hall–Kier alpha value is -3.20. The van der Waals surface area contributed by atoms with Crippen LogP contribution in [0, 0.1) is 6.92 Å². The Bertz CT molecular complexity index is 953. The number of aromatic nitrogens is 3. The van der Waals surface area contributed by atoms with Crippen molar-refractivity contribution in [3.8, 4) is 0 Å². The third kappa shape index (κ3) is 4.95. The van der Waals surface area contributed by atoms with E-state index in [0.717, 1.165) is 9.88 Å². The van der Waals surface area contributed by atoms with Crippen LogP contribution < -0.4 is 10.6 Å². The van der Waals surface area contributed by atoms with Crippen LogP contribution in [-0.2, 0) is 11.3 Å². The first-order chi connectivity index (χ1) is 13.4. The predicted octanol–water partition coefficient (Wildman–Crippen LogP) is 3.51. The van der Waals surface area contributed by atoms with Crippen molar-refractivity contribution in [2.75, 3.05) is 17.7 Å². The monoisotopic (exact) mass is 398 g/mol. The first-order valence-corrected chi connectivity index (χ1v) is 9.57. The summed E-state index contributed by atoms with van der Waals surface area (Å²) in [5, 5.41) is 10.7. The normalized spacial score (nSPS) is 11.7. The van der Waals surface area contributed by atoms with Gasteiger partial charge in [-0.25, -0.2) is 9.78 Å². The first-order valence-electron chi connectivity index (χ1n) is 8.76. The first kappa shape index (κ1) is 19.6. The van der Waals surface area contributed by atoms with Gasteiger partial charge in [0, 0.05) is 41.9 Å². The molecular weight excluding hydrogens is 376 g/mol. The molecule has 2 aromatic heterocycles. The molecule has 0 radical (unpaired) electrons. The molecule has 2 N–H and O–H groups in total. The quantitative estimate of drug-likeness (QED) is 0.665. The summed E-state index contributed by atoms with van der Waals surface area (Å²) >= 11 is 1.56. The van der Waals surface area contributed by atoms with Gasteiger partial charge in [-0.05, 0) is 38.1 Å². The zero-order valence-corrected chi connectivity index (χ0v) is 16.7. The zero-order chi connectivity index (χ0) is 20.1. The van der Waals surface area contributed by atoms with E-state index in [1.807, 2.05) is 6.92 Å².